The Bertz CT molecular complexity index is 493. The topological polar surface area (TPSA) is 45.6 Å². The molecular weight excluding hydrogens is 284 g/mol. The number of thiazole rings is 1. The number of morpholine rings is 1. The first-order chi connectivity index (χ1) is 10.0. The van der Waals surface area contributed by atoms with Crippen LogP contribution in [0.15, 0.2) is 0 Å². The third kappa shape index (κ3) is 2.96. The number of anilines is 1. The highest BCUT2D eigenvalue weighted by molar-refractivity contribution is 7.15. The molecule has 118 valence electrons. The minimum Gasteiger partial charge on any atom is -0.391 e. The van der Waals surface area contributed by atoms with Crippen molar-refractivity contribution in [1.82, 2.24) is 4.98 Å². The number of nitrogens with zero attached hydrogens (tertiary/aromatic N) is 2. The van der Waals surface area contributed by atoms with Gasteiger partial charge in [-0.1, -0.05) is 44.9 Å². The molecule has 1 N–H and O–H groups in total. The van der Waals surface area contributed by atoms with Crippen LogP contribution in [0.25, 0.3) is 0 Å². The molecule has 2 fully saturated rings. The summed E-state index contributed by atoms with van der Waals surface area (Å²) < 4.78 is 5.95. The number of aliphatic hydroxyl groups is 1. The maximum Gasteiger partial charge on any atom is 0.186 e. The van der Waals surface area contributed by atoms with Crippen LogP contribution < -0.4 is 4.90 Å². The zero-order valence-corrected chi connectivity index (χ0v) is 14.1. The van der Waals surface area contributed by atoms with Crippen LogP contribution in [-0.2, 0) is 16.8 Å². The summed E-state index contributed by atoms with van der Waals surface area (Å²) in [5, 5.41) is 10.7. The summed E-state index contributed by atoms with van der Waals surface area (Å²) in [4.78, 5) is 8.34. The van der Waals surface area contributed by atoms with Gasteiger partial charge in [0.15, 0.2) is 5.13 Å². The van der Waals surface area contributed by atoms with Gasteiger partial charge >= 0.3 is 0 Å². The summed E-state index contributed by atoms with van der Waals surface area (Å²) in [5.74, 6) is 0. The number of ether oxygens (including phenoxy) is 1. The van der Waals surface area contributed by atoms with E-state index in [2.05, 4.69) is 25.7 Å². The summed E-state index contributed by atoms with van der Waals surface area (Å²) in [5.41, 5.74) is 1.02. The molecule has 1 aromatic rings. The van der Waals surface area contributed by atoms with Crippen LogP contribution in [0.4, 0.5) is 5.13 Å². The molecule has 21 heavy (non-hydrogen) atoms. The predicted octanol–water partition coefficient (Wildman–Crippen LogP) is 3.08. The van der Waals surface area contributed by atoms with E-state index in [0.29, 0.717) is 12.1 Å². The van der Waals surface area contributed by atoms with E-state index in [0.717, 1.165) is 28.9 Å². The minimum absolute atomic E-state index is 0.0228. The van der Waals surface area contributed by atoms with Gasteiger partial charge in [-0.25, -0.2) is 4.98 Å². The highest BCUT2D eigenvalue weighted by Gasteiger charge is 2.36. The van der Waals surface area contributed by atoms with Crippen LogP contribution in [0.3, 0.4) is 0 Å². The molecule has 2 aliphatic rings. The Morgan fingerprint density at radius 1 is 1.33 bits per heavy atom. The Balaban J connectivity index is 1.90. The molecule has 0 bridgehead atoms. The summed E-state index contributed by atoms with van der Waals surface area (Å²) in [6.45, 7) is 8.28. The molecule has 1 saturated carbocycles. The molecule has 0 radical (unpaired) electrons. The molecule has 2 atom stereocenters. The first-order valence-electron chi connectivity index (χ1n) is 8.00. The molecule has 2 heterocycles. The van der Waals surface area contributed by atoms with E-state index >= 15 is 0 Å². The molecule has 0 spiro atoms. The standard InChI is InChI=1S/C16H26N2O2S/c1-16(2,3)14-13(10-19)21-15(17-14)18-8-9-20-12-7-5-4-6-11(12)18/h11-12,19H,4-10H2,1-3H3. The summed E-state index contributed by atoms with van der Waals surface area (Å²) in [6, 6.07) is 0.470. The molecule has 2 unspecified atom stereocenters. The lowest BCUT2D eigenvalue weighted by Crippen LogP contribution is -2.52. The van der Waals surface area contributed by atoms with E-state index in [1.165, 1.54) is 25.7 Å². The lowest BCUT2D eigenvalue weighted by atomic mass is 9.90. The first-order valence-corrected chi connectivity index (χ1v) is 8.81. The molecular formula is C16H26N2O2S. The average molecular weight is 310 g/mol. The van der Waals surface area contributed by atoms with Crippen molar-refractivity contribution in [2.45, 2.75) is 70.6 Å². The maximum atomic E-state index is 9.65. The van der Waals surface area contributed by atoms with Crippen LogP contribution in [0.2, 0.25) is 0 Å². The molecule has 4 nitrogen and oxygen atoms in total. The monoisotopic (exact) mass is 310 g/mol. The van der Waals surface area contributed by atoms with Crippen molar-refractivity contribution in [3.05, 3.63) is 10.6 Å². The van der Waals surface area contributed by atoms with Crippen molar-refractivity contribution in [3.8, 4) is 0 Å². The second-order valence-electron chi connectivity index (χ2n) is 7.13. The smallest absolute Gasteiger partial charge is 0.186 e. The highest BCUT2D eigenvalue weighted by Crippen LogP contribution is 2.38. The summed E-state index contributed by atoms with van der Waals surface area (Å²) in [6.07, 6.45) is 5.30. The number of rotatable bonds is 2. The van der Waals surface area contributed by atoms with Crippen LogP contribution in [0, 0.1) is 0 Å². The van der Waals surface area contributed by atoms with Crippen molar-refractivity contribution in [3.63, 3.8) is 0 Å². The molecule has 1 aromatic heterocycles. The van der Waals surface area contributed by atoms with Crippen molar-refractivity contribution in [2.75, 3.05) is 18.1 Å². The first kappa shape index (κ1) is 15.3. The Hall–Kier alpha value is -0.650. The number of hydrogen-bond donors (Lipinski definition) is 1. The molecule has 1 aliphatic carbocycles. The van der Waals surface area contributed by atoms with Gasteiger partial charge in [-0.3, -0.25) is 0 Å². The lowest BCUT2D eigenvalue weighted by Gasteiger charge is -2.43. The lowest BCUT2D eigenvalue weighted by molar-refractivity contribution is -0.00870. The van der Waals surface area contributed by atoms with Crippen LogP contribution in [0.1, 0.15) is 57.0 Å². The SMILES string of the molecule is CC(C)(C)c1nc(N2CCOC3CCCCC32)sc1CO. The van der Waals surface area contributed by atoms with Gasteiger partial charge in [0.25, 0.3) is 0 Å². The fourth-order valence-electron chi connectivity index (χ4n) is 3.49. The van der Waals surface area contributed by atoms with Crippen molar-refractivity contribution in [2.24, 2.45) is 0 Å². The Kier molecular flexibility index (Phi) is 4.26. The van der Waals surface area contributed by atoms with Crippen LogP contribution in [0.5, 0.6) is 0 Å². The number of hydrogen-bond acceptors (Lipinski definition) is 5. The minimum atomic E-state index is -0.0228. The summed E-state index contributed by atoms with van der Waals surface area (Å²) in [7, 11) is 0. The van der Waals surface area contributed by atoms with E-state index < -0.39 is 0 Å². The zero-order chi connectivity index (χ0) is 15.0. The highest BCUT2D eigenvalue weighted by atomic mass is 32.1. The van der Waals surface area contributed by atoms with Crippen molar-refractivity contribution in [1.29, 1.82) is 0 Å². The van der Waals surface area contributed by atoms with E-state index in [-0.39, 0.29) is 12.0 Å². The van der Waals surface area contributed by atoms with Crippen molar-refractivity contribution >= 4 is 16.5 Å². The predicted molar refractivity (Wildman–Crippen MR) is 86.1 cm³/mol. The van der Waals surface area contributed by atoms with E-state index in [4.69, 9.17) is 9.72 Å². The van der Waals surface area contributed by atoms with Gasteiger partial charge in [0.05, 0.1) is 35.9 Å². The second-order valence-corrected chi connectivity index (χ2v) is 8.19. The number of aromatic nitrogens is 1. The largest absolute Gasteiger partial charge is 0.391 e. The Labute approximate surface area is 131 Å². The maximum absolute atomic E-state index is 9.65. The molecule has 1 aliphatic heterocycles. The van der Waals surface area contributed by atoms with E-state index in [9.17, 15) is 5.11 Å². The Morgan fingerprint density at radius 3 is 2.76 bits per heavy atom. The van der Waals surface area contributed by atoms with Gasteiger partial charge in [-0.05, 0) is 12.8 Å². The fraction of sp³-hybridized carbons (Fsp3) is 0.812. The van der Waals surface area contributed by atoms with Crippen LogP contribution >= 0.6 is 11.3 Å². The van der Waals surface area contributed by atoms with E-state index in [1.54, 1.807) is 11.3 Å². The fourth-order valence-corrected chi connectivity index (χ4v) is 4.70. The second kappa shape index (κ2) is 5.86. The number of aliphatic hydroxyl groups excluding tert-OH is 1. The molecule has 5 heteroatoms. The molecule has 0 aromatic carbocycles. The van der Waals surface area contributed by atoms with Gasteiger partial charge in [0.1, 0.15) is 0 Å². The normalized spacial score (nSPS) is 26.8. The third-order valence-corrected chi connectivity index (χ3v) is 5.60. The average Bonchev–Trinajstić information content (AvgIpc) is 2.91. The molecule has 3 rings (SSSR count). The van der Waals surface area contributed by atoms with Gasteiger partial charge in [-0.15, -0.1) is 0 Å². The molecule has 1 saturated heterocycles. The quantitative estimate of drug-likeness (QED) is 0.912. The summed E-state index contributed by atoms with van der Waals surface area (Å²) >= 11 is 1.66. The van der Waals surface area contributed by atoms with Crippen LogP contribution in [-0.4, -0.2) is 35.4 Å². The van der Waals surface area contributed by atoms with Gasteiger partial charge in [-0.2, -0.15) is 0 Å². The van der Waals surface area contributed by atoms with Crippen molar-refractivity contribution < 1.29 is 9.84 Å². The van der Waals surface area contributed by atoms with Gasteiger partial charge < -0.3 is 14.7 Å². The van der Waals surface area contributed by atoms with Gasteiger partial charge in [0.2, 0.25) is 0 Å². The third-order valence-electron chi connectivity index (χ3n) is 4.52. The molecule has 0 amide bonds. The Morgan fingerprint density at radius 2 is 2.10 bits per heavy atom. The van der Waals surface area contributed by atoms with E-state index in [1.807, 2.05) is 0 Å². The zero-order valence-electron chi connectivity index (χ0n) is 13.3. The number of fused-ring (bicyclic) bond motifs is 1. The van der Waals surface area contributed by atoms with Gasteiger partial charge in [0, 0.05) is 12.0 Å².